The number of benzene rings is 1. The normalized spacial score (nSPS) is 16.0. The zero-order valence-electron chi connectivity index (χ0n) is 14.2. The van der Waals surface area contributed by atoms with Crippen LogP contribution in [0.4, 0.5) is 0 Å². The quantitative estimate of drug-likeness (QED) is 0.646. The first kappa shape index (κ1) is 17.3. The van der Waals surface area contributed by atoms with Crippen molar-refractivity contribution < 1.29 is 4.79 Å². The van der Waals surface area contributed by atoms with E-state index in [4.69, 9.17) is 0 Å². The maximum absolute atomic E-state index is 12.1. The van der Waals surface area contributed by atoms with E-state index in [9.17, 15) is 4.79 Å². The smallest absolute Gasteiger partial charge is 0.239 e. The highest BCUT2D eigenvalue weighted by Crippen LogP contribution is 2.17. The van der Waals surface area contributed by atoms with Gasteiger partial charge >= 0.3 is 0 Å². The highest BCUT2D eigenvalue weighted by atomic mass is 16.2. The number of hydrogen-bond acceptors (Lipinski definition) is 2. The summed E-state index contributed by atoms with van der Waals surface area (Å²) in [4.78, 5) is 18.5. The standard InChI is InChI=1S/C18H28N4O/c1-22(2)18(19-13-15-9-5-3-6-10-15)20-14-17(23)21-16-11-7-4-8-12-16/h3,5-6,9-10,16H,4,7-8,11-14H2,1-2H3,(H,19,20)(H,21,23). The molecule has 0 atom stereocenters. The van der Waals surface area contributed by atoms with Crippen LogP contribution in [0.2, 0.25) is 0 Å². The van der Waals surface area contributed by atoms with Gasteiger partial charge in [0, 0.05) is 20.1 Å². The summed E-state index contributed by atoms with van der Waals surface area (Å²) in [6.45, 7) is 0.869. The Bertz CT molecular complexity index is 507. The Balaban J connectivity index is 1.80. The molecule has 1 aromatic rings. The maximum atomic E-state index is 12.1. The van der Waals surface area contributed by atoms with E-state index in [2.05, 4.69) is 15.6 Å². The predicted molar refractivity (Wildman–Crippen MR) is 94.3 cm³/mol. The number of nitrogens with zero attached hydrogens (tertiary/aromatic N) is 2. The first-order chi connectivity index (χ1) is 11.1. The lowest BCUT2D eigenvalue weighted by atomic mass is 9.95. The Morgan fingerprint density at radius 1 is 1.17 bits per heavy atom. The molecule has 1 aromatic carbocycles. The summed E-state index contributed by atoms with van der Waals surface area (Å²) in [6.07, 6.45) is 5.95. The summed E-state index contributed by atoms with van der Waals surface area (Å²) in [6, 6.07) is 10.4. The van der Waals surface area contributed by atoms with Crippen molar-refractivity contribution in [3.63, 3.8) is 0 Å². The lowest BCUT2D eigenvalue weighted by Crippen LogP contribution is -2.45. The van der Waals surface area contributed by atoms with Crippen LogP contribution < -0.4 is 10.6 Å². The van der Waals surface area contributed by atoms with Gasteiger partial charge in [-0.1, -0.05) is 49.6 Å². The Hall–Kier alpha value is -2.04. The highest BCUT2D eigenvalue weighted by Gasteiger charge is 2.15. The lowest BCUT2D eigenvalue weighted by Gasteiger charge is -2.23. The van der Waals surface area contributed by atoms with Crippen molar-refractivity contribution in [3.8, 4) is 0 Å². The molecule has 0 saturated heterocycles. The van der Waals surface area contributed by atoms with Crippen LogP contribution in [-0.4, -0.2) is 43.4 Å². The SMILES string of the molecule is CN(C)C(=NCc1ccccc1)NCC(=O)NC1CCCCC1. The molecule has 0 bridgehead atoms. The van der Waals surface area contributed by atoms with Crippen molar-refractivity contribution >= 4 is 11.9 Å². The molecule has 1 aliphatic rings. The predicted octanol–water partition coefficient (Wildman–Crippen LogP) is 2.14. The number of nitrogens with one attached hydrogen (secondary N) is 2. The van der Waals surface area contributed by atoms with Crippen LogP contribution in [0.15, 0.2) is 35.3 Å². The van der Waals surface area contributed by atoms with Crippen molar-refractivity contribution in [2.24, 2.45) is 4.99 Å². The van der Waals surface area contributed by atoms with Gasteiger partial charge in [0.1, 0.15) is 0 Å². The van der Waals surface area contributed by atoms with Gasteiger partial charge < -0.3 is 15.5 Å². The molecule has 0 unspecified atom stereocenters. The number of amides is 1. The molecular weight excluding hydrogens is 288 g/mol. The van der Waals surface area contributed by atoms with E-state index in [0.29, 0.717) is 12.6 Å². The summed E-state index contributed by atoms with van der Waals surface area (Å²) in [5, 5.41) is 6.25. The number of carbonyl (C=O) groups excluding carboxylic acids is 1. The highest BCUT2D eigenvalue weighted by molar-refractivity contribution is 5.86. The minimum atomic E-state index is 0.0474. The molecule has 1 aliphatic carbocycles. The Morgan fingerprint density at radius 3 is 2.52 bits per heavy atom. The van der Waals surface area contributed by atoms with Gasteiger partial charge in [0.05, 0.1) is 13.1 Å². The molecule has 5 nitrogen and oxygen atoms in total. The second kappa shape index (κ2) is 9.18. The van der Waals surface area contributed by atoms with Crippen LogP contribution in [0.5, 0.6) is 0 Å². The number of guanidine groups is 1. The zero-order valence-corrected chi connectivity index (χ0v) is 14.2. The molecule has 5 heteroatoms. The zero-order chi connectivity index (χ0) is 16.5. The minimum Gasteiger partial charge on any atom is -0.352 e. The van der Waals surface area contributed by atoms with Crippen LogP contribution >= 0.6 is 0 Å². The third-order valence-corrected chi connectivity index (χ3v) is 4.06. The summed E-state index contributed by atoms with van der Waals surface area (Å²) < 4.78 is 0. The van der Waals surface area contributed by atoms with Gasteiger partial charge in [-0.2, -0.15) is 0 Å². The Labute approximate surface area is 139 Å². The topological polar surface area (TPSA) is 56.7 Å². The second-order valence-electron chi connectivity index (χ2n) is 6.28. The van der Waals surface area contributed by atoms with Crippen LogP contribution in [0, 0.1) is 0 Å². The van der Waals surface area contributed by atoms with E-state index in [1.807, 2.05) is 49.3 Å². The minimum absolute atomic E-state index is 0.0474. The van der Waals surface area contributed by atoms with Gasteiger partial charge in [-0.25, -0.2) is 4.99 Å². The molecule has 2 rings (SSSR count). The van der Waals surface area contributed by atoms with Crippen LogP contribution in [0.25, 0.3) is 0 Å². The molecule has 126 valence electrons. The van der Waals surface area contributed by atoms with E-state index in [1.165, 1.54) is 19.3 Å². The third kappa shape index (κ3) is 6.30. The molecule has 0 radical (unpaired) electrons. The van der Waals surface area contributed by atoms with Gasteiger partial charge in [-0.05, 0) is 18.4 Å². The third-order valence-electron chi connectivity index (χ3n) is 4.06. The average Bonchev–Trinajstić information content (AvgIpc) is 2.56. The number of aliphatic imine (C=N–C) groups is 1. The largest absolute Gasteiger partial charge is 0.352 e. The van der Waals surface area contributed by atoms with E-state index in [1.54, 1.807) is 0 Å². The maximum Gasteiger partial charge on any atom is 0.239 e. The molecule has 0 aliphatic heterocycles. The average molecular weight is 316 g/mol. The van der Waals surface area contributed by atoms with Crippen LogP contribution in [0.1, 0.15) is 37.7 Å². The van der Waals surface area contributed by atoms with Crippen LogP contribution in [-0.2, 0) is 11.3 Å². The molecule has 0 spiro atoms. The summed E-state index contributed by atoms with van der Waals surface area (Å²) in [7, 11) is 3.85. The Kier molecular flexibility index (Phi) is 6.91. The number of rotatable bonds is 5. The van der Waals surface area contributed by atoms with E-state index >= 15 is 0 Å². The fourth-order valence-corrected chi connectivity index (χ4v) is 2.79. The van der Waals surface area contributed by atoms with Crippen molar-refractivity contribution in [1.29, 1.82) is 0 Å². The molecule has 1 saturated carbocycles. The first-order valence-electron chi connectivity index (χ1n) is 8.44. The van der Waals surface area contributed by atoms with E-state index < -0.39 is 0 Å². The first-order valence-corrected chi connectivity index (χ1v) is 8.44. The molecular formula is C18H28N4O. The van der Waals surface area contributed by atoms with Gasteiger partial charge in [-0.15, -0.1) is 0 Å². The van der Waals surface area contributed by atoms with Gasteiger partial charge in [0.25, 0.3) is 0 Å². The van der Waals surface area contributed by atoms with E-state index in [0.717, 1.165) is 24.4 Å². The van der Waals surface area contributed by atoms with Gasteiger partial charge in [-0.3, -0.25) is 4.79 Å². The molecule has 0 heterocycles. The molecule has 2 N–H and O–H groups in total. The fourth-order valence-electron chi connectivity index (χ4n) is 2.79. The summed E-state index contributed by atoms with van der Waals surface area (Å²) >= 11 is 0. The monoisotopic (exact) mass is 316 g/mol. The molecule has 1 fully saturated rings. The number of carbonyl (C=O) groups is 1. The fraction of sp³-hybridized carbons (Fsp3) is 0.556. The van der Waals surface area contributed by atoms with Crippen LogP contribution in [0.3, 0.4) is 0 Å². The second-order valence-corrected chi connectivity index (χ2v) is 6.28. The lowest BCUT2D eigenvalue weighted by molar-refractivity contribution is -0.120. The van der Waals surface area contributed by atoms with Crippen molar-refractivity contribution in [2.45, 2.75) is 44.7 Å². The number of hydrogen-bond donors (Lipinski definition) is 2. The molecule has 23 heavy (non-hydrogen) atoms. The van der Waals surface area contributed by atoms with Crippen molar-refractivity contribution in [1.82, 2.24) is 15.5 Å². The van der Waals surface area contributed by atoms with Gasteiger partial charge in [0.15, 0.2) is 5.96 Å². The Morgan fingerprint density at radius 2 is 1.87 bits per heavy atom. The van der Waals surface area contributed by atoms with Crippen molar-refractivity contribution in [2.75, 3.05) is 20.6 Å². The van der Waals surface area contributed by atoms with Crippen molar-refractivity contribution in [3.05, 3.63) is 35.9 Å². The van der Waals surface area contributed by atoms with E-state index in [-0.39, 0.29) is 12.5 Å². The molecule has 1 amide bonds. The summed E-state index contributed by atoms with van der Waals surface area (Å²) in [5.41, 5.74) is 1.15. The summed E-state index contributed by atoms with van der Waals surface area (Å²) in [5.74, 6) is 0.777. The van der Waals surface area contributed by atoms with Gasteiger partial charge in [0.2, 0.25) is 5.91 Å². The molecule has 0 aromatic heterocycles.